The van der Waals surface area contributed by atoms with Crippen LogP contribution in [0.2, 0.25) is 0 Å². The number of hydrogen-bond acceptors (Lipinski definition) is 4. The summed E-state index contributed by atoms with van der Waals surface area (Å²) in [5.41, 5.74) is 1.84. The molecular formula is C12H10N2O2. The molecule has 0 bridgehead atoms. The fraction of sp³-hybridized carbons (Fsp3) is 0.167. The Morgan fingerprint density at radius 2 is 2.25 bits per heavy atom. The molecule has 80 valence electrons. The molecule has 0 atom stereocenters. The molecule has 16 heavy (non-hydrogen) atoms. The van der Waals surface area contributed by atoms with Crippen molar-refractivity contribution in [2.45, 2.75) is 0 Å². The predicted octanol–water partition coefficient (Wildman–Crippen LogP) is 1.53. The average Bonchev–Trinajstić information content (AvgIpc) is 2.72. The first-order chi connectivity index (χ1) is 7.66. The standard InChI is InChI=1S/C12H10N2O2/c1-14(2)6-5-11(15)9-3-4-10-12(7-9)16-8-13-10/h3-4,7-8H,1-2H3. The van der Waals surface area contributed by atoms with Gasteiger partial charge in [0.2, 0.25) is 5.78 Å². The van der Waals surface area contributed by atoms with E-state index in [1.807, 2.05) is 0 Å². The molecule has 2 rings (SSSR count). The first kappa shape index (κ1) is 10.2. The highest BCUT2D eigenvalue weighted by Gasteiger charge is 2.05. The van der Waals surface area contributed by atoms with E-state index in [1.165, 1.54) is 6.39 Å². The molecule has 0 amide bonds. The van der Waals surface area contributed by atoms with Gasteiger partial charge in [-0.25, -0.2) is 4.98 Å². The van der Waals surface area contributed by atoms with Crippen molar-refractivity contribution in [3.63, 3.8) is 0 Å². The van der Waals surface area contributed by atoms with Crippen LogP contribution in [0.4, 0.5) is 0 Å². The number of benzene rings is 1. The molecule has 4 nitrogen and oxygen atoms in total. The van der Waals surface area contributed by atoms with E-state index in [1.54, 1.807) is 37.2 Å². The lowest BCUT2D eigenvalue weighted by Crippen LogP contribution is -2.03. The van der Waals surface area contributed by atoms with Gasteiger partial charge in [-0.05, 0) is 24.1 Å². The molecule has 1 heterocycles. The Kier molecular flexibility index (Phi) is 2.61. The van der Waals surface area contributed by atoms with E-state index in [0.717, 1.165) is 5.52 Å². The number of fused-ring (bicyclic) bond motifs is 1. The molecule has 2 aromatic rings. The second-order valence-corrected chi connectivity index (χ2v) is 3.50. The molecule has 1 aromatic carbocycles. The van der Waals surface area contributed by atoms with Crippen molar-refractivity contribution in [1.82, 2.24) is 9.88 Å². The van der Waals surface area contributed by atoms with Crippen molar-refractivity contribution < 1.29 is 9.21 Å². The number of aromatic nitrogens is 1. The van der Waals surface area contributed by atoms with Crippen LogP contribution in [-0.4, -0.2) is 29.8 Å². The summed E-state index contributed by atoms with van der Waals surface area (Å²) < 4.78 is 5.11. The first-order valence-electron chi connectivity index (χ1n) is 4.73. The number of hydrogen-bond donors (Lipinski definition) is 0. The molecule has 0 aliphatic carbocycles. The largest absolute Gasteiger partial charge is 0.443 e. The minimum atomic E-state index is -0.230. The smallest absolute Gasteiger partial charge is 0.237 e. The highest BCUT2D eigenvalue weighted by Crippen LogP contribution is 2.14. The van der Waals surface area contributed by atoms with E-state index < -0.39 is 0 Å². The maximum atomic E-state index is 11.7. The van der Waals surface area contributed by atoms with Crippen molar-refractivity contribution in [2.75, 3.05) is 14.1 Å². The van der Waals surface area contributed by atoms with Crippen LogP contribution in [0.25, 0.3) is 11.1 Å². The highest BCUT2D eigenvalue weighted by molar-refractivity contribution is 6.10. The van der Waals surface area contributed by atoms with Crippen LogP contribution >= 0.6 is 0 Å². The number of Topliss-reactive ketones (excluding diaryl/α,β-unsaturated/α-hetero) is 1. The molecule has 0 spiro atoms. The molecule has 0 fully saturated rings. The van der Waals surface area contributed by atoms with Crippen molar-refractivity contribution in [2.24, 2.45) is 0 Å². The van der Waals surface area contributed by atoms with E-state index in [2.05, 4.69) is 16.9 Å². The minimum absolute atomic E-state index is 0.230. The summed E-state index contributed by atoms with van der Waals surface area (Å²) in [6.07, 6.45) is 1.35. The fourth-order valence-electron chi connectivity index (χ4n) is 1.23. The van der Waals surface area contributed by atoms with Crippen LogP contribution in [-0.2, 0) is 0 Å². The Bertz CT molecular complexity index is 588. The number of oxazole rings is 1. The maximum Gasteiger partial charge on any atom is 0.237 e. The van der Waals surface area contributed by atoms with Gasteiger partial charge in [0.25, 0.3) is 0 Å². The number of ketones is 1. The zero-order valence-electron chi connectivity index (χ0n) is 9.02. The number of rotatable bonds is 1. The lowest BCUT2D eigenvalue weighted by molar-refractivity contribution is 0.105. The molecule has 0 saturated carbocycles. The molecule has 1 aromatic heterocycles. The summed E-state index contributed by atoms with van der Waals surface area (Å²) in [5, 5.41) is 0. The average molecular weight is 214 g/mol. The molecule has 0 radical (unpaired) electrons. The van der Waals surface area contributed by atoms with E-state index in [-0.39, 0.29) is 5.78 Å². The third-order valence-electron chi connectivity index (χ3n) is 1.99. The quantitative estimate of drug-likeness (QED) is 0.410. The van der Waals surface area contributed by atoms with Gasteiger partial charge in [-0.3, -0.25) is 4.79 Å². The second-order valence-electron chi connectivity index (χ2n) is 3.50. The first-order valence-corrected chi connectivity index (χ1v) is 4.73. The summed E-state index contributed by atoms with van der Waals surface area (Å²) in [7, 11) is 3.56. The Morgan fingerprint density at radius 1 is 1.44 bits per heavy atom. The van der Waals surface area contributed by atoms with Gasteiger partial charge in [0, 0.05) is 25.7 Å². The Balaban J connectivity index is 2.34. The summed E-state index contributed by atoms with van der Waals surface area (Å²) >= 11 is 0. The Labute approximate surface area is 92.9 Å². The van der Waals surface area contributed by atoms with E-state index >= 15 is 0 Å². The van der Waals surface area contributed by atoms with Gasteiger partial charge in [0.15, 0.2) is 12.0 Å². The van der Waals surface area contributed by atoms with Gasteiger partial charge in [-0.2, -0.15) is 0 Å². The van der Waals surface area contributed by atoms with Crippen LogP contribution in [0.15, 0.2) is 29.0 Å². The zero-order valence-corrected chi connectivity index (χ0v) is 9.02. The van der Waals surface area contributed by atoms with Gasteiger partial charge in [-0.1, -0.05) is 0 Å². The van der Waals surface area contributed by atoms with Gasteiger partial charge in [0.05, 0.1) is 0 Å². The monoisotopic (exact) mass is 214 g/mol. The van der Waals surface area contributed by atoms with Crippen LogP contribution in [0.1, 0.15) is 10.4 Å². The number of carbonyl (C=O) groups excluding carboxylic acids is 1. The van der Waals surface area contributed by atoms with Crippen LogP contribution in [0, 0.1) is 12.0 Å². The maximum absolute atomic E-state index is 11.7. The van der Waals surface area contributed by atoms with Crippen LogP contribution in [0.3, 0.4) is 0 Å². The van der Waals surface area contributed by atoms with Crippen molar-refractivity contribution in [3.05, 3.63) is 30.2 Å². The summed E-state index contributed by atoms with van der Waals surface area (Å²) in [6.45, 7) is 0. The van der Waals surface area contributed by atoms with Gasteiger partial charge in [0.1, 0.15) is 5.52 Å². The highest BCUT2D eigenvalue weighted by atomic mass is 16.3. The molecule has 0 aliphatic heterocycles. The molecule has 4 heteroatoms. The molecule has 0 N–H and O–H groups in total. The van der Waals surface area contributed by atoms with E-state index in [0.29, 0.717) is 11.1 Å². The van der Waals surface area contributed by atoms with Crippen molar-refractivity contribution in [1.29, 1.82) is 0 Å². The molecular weight excluding hydrogens is 204 g/mol. The summed E-state index contributed by atoms with van der Waals surface area (Å²) in [5.74, 6) is 2.30. The molecule has 0 saturated heterocycles. The fourth-order valence-corrected chi connectivity index (χ4v) is 1.23. The minimum Gasteiger partial charge on any atom is -0.443 e. The van der Waals surface area contributed by atoms with Crippen molar-refractivity contribution in [3.8, 4) is 12.0 Å². The van der Waals surface area contributed by atoms with E-state index in [4.69, 9.17) is 4.42 Å². The zero-order chi connectivity index (χ0) is 11.5. The van der Waals surface area contributed by atoms with Gasteiger partial charge in [-0.15, -0.1) is 0 Å². The van der Waals surface area contributed by atoms with Gasteiger partial charge < -0.3 is 9.32 Å². The lowest BCUT2D eigenvalue weighted by Gasteiger charge is -1.97. The lowest BCUT2D eigenvalue weighted by atomic mass is 10.1. The van der Waals surface area contributed by atoms with Crippen LogP contribution < -0.4 is 0 Å². The predicted molar refractivity (Wildman–Crippen MR) is 59.8 cm³/mol. The Morgan fingerprint density at radius 3 is 3.00 bits per heavy atom. The van der Waals surface area contributed by atoms with Crippen molar-refractivity contribution >= 4 is 16.9 Å². The summed E-state index contributed by atoms with van der Waals surface area (Å²) in [6, 6.07) is 7.75. The third-order valence-corrected chi connectivity index (χ3v) is 1.99. The third kappa shape index (κ3) is 2.04. The topological polar surface area (TPSA) is 46.3 Å². The molecule has 0 aliphatic rings. The van der Waals surface area contributed by atoms with Gasteiger partial charge >= 0.3 is 0 Å². The van der Waals surface area contributed by atoms with E-state index in [9.17, 15) is 4.79 Å². The number of carbonyl (C=O) groups is 1. The summed E-state index contributed by atoms with van der Waals surface area (Å²) in [4.78, 5) is 17.3. The normalized spacial score (nSPS) is 9.62. The SMILES string of the molecule is CN(C)C#CC(=O)c1ccc2ncoc2c1. The number of nitrogens with zero attached hydrogens (tertiary/aromatic N) is 2. The Hall–Kier alpha value is -2.28. The van der Waals surface area contributed by atoms with Crippen LogP contribution in [0.5, 0.6) is 0 Å². The second kappa shape index (κ2) is 4.07. The molecule has 0 unspecified atom stereocenters.